The predicted molar refractivity (Wildman–Crippen MR) is 85.2 cm³/mol. The summed E-state index contributed by atoms with van der Waals surface area (Å²) < 4.78 is 19.2. The number of nitrogens with zero attached hydrogens (tertiary/aromatic N) is 1. The summed E-state index contributed by atoms with van der Waals surface area (Å²) in [4.78, 5) is 14.6. The van der Waals surface area contributed by atoms with Crippen molar-refractivity contribution in [1.82, 2.24) is 4.98 Å². The fraction of sp³-hybridized carbons (Fsp3) is 0.111. The molecule has 0 atom stereocenters. The van der Waals surface area contributed by atoms with Crippen molar-refractivity contribution in [2.45, 2.75) is 13.2 Å². The molecule has 2 aromatic carbocycles. The lowest BCUT2D eigenvalue weighted by Gasteiger charge is -2.07. The van der Waals surface area contributed by atoms with Crippen molar-refractivity contribution < 1.29 is 13.9 Å². The Morgan fingerprint density at radius 1 is 1.04 bits per heavy atom. The number of primary amides is 1. The first-order chi connectivity index (χ1) is 11.1. The molecule has 0 aliphatic carbocycles. The van der Waals surface area contributed by atoms with Crippen LogP contribution in [0.1, 0.15) is 21.6 Å². The Morgan fingerprint density at radius 3 is 2.52 bits per heavy atom. The Bertz CT molecular complexity index is 865. The topological polar surface area (TPSA) is 65.2 Å². The molecule has 0 saturated heterocycles. The van der Waals surface area contributed by atoms with Crippen molar-refractivity contribution in [2.75, 3.05) is 0 Å². The van der Waals surface area contributed by atoms with Crippen molar-refractivity contribution in [1.29, 1.82) is 0 Å². The number of carbonyl (C=O) groups is 1. The van der Waals surface area contributed by atoms with Crippen LogP contribution in [0, 0.1) is 5.82 Å². The molecular formula is C18H15FN2O2. The van der Waals surface area contributed by atoms with Crippen LogP contribution in [0.3, 0.4) is 0 Å². The van der Waals surface area contributed by atoms with Crippen molar-refractivity contribution in [3.63, 3.8) is 0 Å². The quantitative estimate of drug-likeness (QED) is 0.787. The fourth-order valence-electron chi connectivity index (χ4n) is 2.35. The van der Waals surface area contributed by atoms with Crippen LogP contribution >= 0.6 is 0 Å². The standard InChI is InChI=1S/C18H15FN2O2/c19-16-8-13(9-21-17(16)18(20)22)11-23-10-12-5-6-14-3-1-2-4-15(14)7-12/h1-9H,10-11H2,(H2,20,22). The van der Waals surface area contributed by atoms with E-state index in [1.165, 1.54) is 17.6 Å². The monoisotopic (exact) mass is 310 g/mol. The van der Waals surface area contributed by atoms with Gasteiger partial charge in [0.1, 0.15) is 0 Å². The lowest BCUT2D eigenvalue weighted by molar-refractivity contribution is 0.0988. The molecule has 0 bridgehead atoms. The normalized spacial score (nSPS) is 10.8. The van der Waals surface area contributed by atoms with E-state index in [0.29, 0.717) is 12.2 Å². The third-order valence-electron chi connectivity index (χ3n) is 3.48. The van der Waals surface area contributed by atoms with Crippen LogP contribution in [-0.2, 0) is 18.0 Å². The van der Waals surface area contributed by atoms with Gasteiger partial charge in [0, 0.05) is 6.20 Å². The molecule has 116 valence electrons. The number of rotatable bonds is 5. The van der Waals surface area contributed by atoms with E-state index >= 15 is 0 Å². The molecule has 0 aliphatic heterocycles. The van der Waals surface area contributed by atoms with Gasteiger partial charge < -0.3 is 10.5 Å². The summed E-state index contributed by atoms with van der Waals surface area (Å²) in [5.41, 5.74) is 6.24. The molecular weight excluding hydrogens is 295 g/mol. The minimum atomic E-state index is -0.883. The van der Waals surface area contributed by atoms with E-state index in [9.17, 15) is 9.18 Å². The number of pyridine rings is 1. The maximum Gasteiger partial charge on any atom is 0.270 e. The van der Waals surface area contributed by atoms with Gasteiger partial charge >= 0.3 is 0 Å². The van der Waals surface area contributed by atoms with Gasteiger partial charge in [-0.15, -0.1) is 0 Å². The number of fused-ring (bicyclic) bond motifs is 1. The van der Waals surface area contributed by atoms with Crippen LogP contribution in [0.5, 0.6) is 0 Å². The molecule has 0 saturated carbocycles. The summed E-state index contributed by atoms with van der Waals surface area (Å²) in [6, 6.07) is 15.4. The van der Waals surface area contributed by atoms with E-state index in [1.54, 1.807) is 0 Å². The van der Waals surface area contributed by atoms with Gasteiger partial charge in [-0.3, -0.25) is 4.79 Å². The minimum absolute atomic E-state index is 0.204. The van der Waals surface area contributed by atoms with Gasteiger partial charge in [-0.25, -0.2) is 9.37 Å². The van der Waals surface area contributed by atoms with E-state index in [2.05, 4.69) is 17.1 Å². The van der Waals surface area contributed by atoms with Crippen LogP contribution in [0.2, 0.25) is 0 Å². The summed E-state index contributed by atoms with van der Waals surface area (Å²) in [5, 5.41) is 2.32. The molecule has 0 fully saturated rings. The molecule has 2 N–H and O–H groups in total. The van der Waals surface area contributed by atoms with Gasteiger partial charge in [-0.2, -0.15) is 0 Å². The highest BCUT2D eigenvalue weighted by Crippen LogP contribution is 2.16. The highest BCUT2D eigenvalue weighted by atomic mass is 19.1. The summed E-state index contributed by atoms with van der Waals surface area (Å²) in [5.74, 6) is -1.62. The van der Waals surface area contributed by atoms with Gasteiger partial charge in [0.15, 0.2) is 11.5 Å². The minimum Gasteiger partial charge on any atom is -0.372 e. The summed E-state index contributed by atoms with van der Waals surface area (Å²) in [6.45, 7) is 0.611. The zero-order valence-corrected chi connectivity index (χ0v) is 12.3. The first-order valence-corrected chi connectivity index (χ1v) is 7.13. The molecule has 0 radical (unpaired) electrons. The largest absolute Gasteiger partial charge is 0.372 e. The predicted octanol–water partition coefficient (Wildman–Crippen LogP) is 3.19. The van der Waals surface area contributed by atoms with Crippen molar-refractivity contribution in [2.24, 2.45) is 5.73 Å². The molecule has 23 heavy (non-hydrogen) atoms. The molecule has 0 aliphatic rings. The Morgan fingerprint density at radius 2 is 1.78 bits per heavy atom. The number of hydrogen-bond acceptors (Lipinski definition) is 3. The molecule has 5 heteroatoms. The SMILES string of the molecule is NC(=O)c1ncc(COCc2ccc3ccccc3c2)cc1F. The molecule has 3 rings (SSSR count). The maximum absolute atomic E-state index is 13.6. The van der Waals surface area contributed by atoms with Gasteiger partial charge in [0.25, 0.3) is 5.91 Å². The second-order valence-electron chi connectivity index (χ2n) is 5.21. The third kappa shape index (κ3) is 3.52. The fourth-order valence-corrected chi connectivity index (χ4v) is 2.35. The van der Waals surface area contributed by atoms with Crippen LogP contribution in [0.15, 0.2) is 54.7 Å². The van der Waals surface area contributed by atoms with E-state index in [1.807, 2.05) is 30.3 Å². The Labute approximate surface area is 132 Å². The number of benzene rings is 2. The number of hydrogen-bond donors (Lipinski definition) is 1. The lowest BCUT2D eigenvalue weighted by Crippen LogP contribution is -2.15. The van der Waals surface area contributed by atoms with Crippen molar-refractivity contribution >= 4 is 16.7 Å². The number of aromatic nitrogens is 1. The average Bonchev–Trinajstić information content (AvgIpc) is 2.54. The molecule has 0 unspecified atom stereocenters. The Kier molecular flexibility index (Phi) is 4.30. The van der Waals surface area contributed by atoms with Crippen LogP contribution in [0.4, 0.5) is 4.39 Å². The number of halogens is 1. The van der Waals surface area contributed by atoms with Crippen molar-refractivity contribution in [3.8, 4) is 0 Å². The zero-order valence-electron chi connectivity index (χ0n) is 12.3. The molecule has 3 aromatic rings. The maximum atomic E-state index is 13.6. The van der Waals surface area contributed by atoms with E-state index in [4.69, 9.17) is 10.5 Å². The molecule has 4 nitrogen and oxygen atoms in total. The molecule has 1 heterocycles. The molecule has 0 spiro atoms. The van der Waals surface area contributed by atoms with Gasteiger partial charge in [-0.1, -0.05) is 36.4 Å². The highest BCUT2D eigenvalue weighted by Gasteiger charge is 2.10. The van der Waals surface area contributed by atoms with Crippen molar-refractivity contribution in [3.05, 3.63) is 77.4 Å². The highest BCUT2D eigenvalue weighted by molar-refractivity contribution is 5.90. The molecule has 1 amide bonds. The number of carbonyl (C=O) groups excluding carboxylic acids is 1. The van der Waals surface area contributed by atoms with Gasteiger partial charge in [-0.05, 0) is 34.0 Å². The van der Waals surface area contributed by atoms with Crippen LogP contribution < -0.4 is 5.73 Å². The van der Waals surface area contributed by atoms with Gasteiger partial charge in [0.05, 0.1) is 13.2 Å². The van der Waals surface area contributed by atoms with Crippen LogP contribution in [0.25, 0.3) is 10.8 Å². The third-order valence-corrected chi connectivity index (χ3v) is 3.48. The average molecular weight is 310 g/mol. The first-order valence-electron chi connectivity index (χ1n) is 7.13. The smallest absolute Gasteiger partial charge is 0.270 e. The van der Waals surface area contributed by atoms with Crippen LogP contribution in [-0.4, -0.2) is 10.9 Å². The summed E-state index contributed by atoms with van der Waals surface area (Å²) in [6.07, 6.45) is 1.39. The second kappa shape index (κ2) is 6.54. The zero-order chi connectivity index (χ0) is 16.2. The lowest BCUT2D eigenvalue weighted by atomic mass is 10.1. The number of ether oxygens (including phenoxy) is 1. The number of amides is 1. The number of nitrogens with two attached hydrogens (primary N) is 1. The van der Waals surface area contributed by atoms with E-state index in [-0.39, 0.29) is 12.3 Å². The second-order valence-corrected chi connectivity index (χ2v) is 5.21. The first kappa shape index (κ1) is 15.1. The molecule has 1 aromatic heterocycles. The summed E-state index contributed by atoms with van der Waals surface area (Å²) >= 11 is 0. The summed E-state index contributed by atoms with van der Waals surface area (Å²) in [7, 11) is 0. The van der Waals surface area contributed by atoms with Gasteiger partial charge in [0.2, 0.25) is 0 Å². The Hall–Kier alpha value is -2.79. The van der Waals surface area contributed by atoms with E-state index in [0.717, 1.165) is 10.9 Å². The Balaban J connectivity index is 1.64. The van der Waals surface area contributed by atoms with E-state index < -0.39 is 11.7 Å².